The molecule has 2 rings (SSSR count). The van der Waals surface area contributed by atoms with Gasteiger partial charge >= 0.3 is 6.09 Å². The van der Waals surface area contributed by atoms with Crippen LogP contribution in [0.2, 0.25) is 0 Å². The average Bonchev–Trinajstić information content (AvgIpc) is 2.86. The smallest absolute Gasteiger partial charge is 0.409 e. The minimum atomic E-state index is -0.127. The first kappa shape index (κ1) is 11.7. The summed E-state index contributed by atoms with van der Waals surface area (Å²) < 4.78 is 5.26. The highest BCUT2D eigenvalue weighted by atomic mass is 16.6. The van der Waals surface area contributed by atoms with Crippen molar-refractivity contribution in [3.63, 3.8) is 0 Å². The summed E-state index contributed by atoms with van der Waals surface area (Å²) >= 11 is 0. The van der Waals surface area contributed by atoms with Crippen molar-refractivity contribution in [2.45, 2.75) is 26.7 Å². The molecule has 0 saturated carbocycles. The molecule has 2 fully saturated rings. The van der Waals surface area contributed by atoms with Gasteiger partial charge in [-0.05, 0) is 25.3 Å². The number of nitrogens with one attached hydrogen (secondary N) is 1. The normalized spacial score (nSPS) is 29.3. The van der Waals surface area contributed by atoms with E-state index in [9.17, 15) is 4.79 Å². The number of rotatable bonds is 2. The number of ether oxygens (including phenoxy) is 1. The van der Waals surface area contributed by atoms with E-state index in [1.54, 1.807) is 0 Å². The Morgan fingerprint density at radius 3 is 2.94 bits per heavy atom. The van der Waals surface area contributed by atoms with Gasteiger partial charge in [0.15, 0.2) is 0 Å². The van der Waals surface area contributed by atoms with Gasteiger partial charge in [0, 0.05) is 25.0 Å². The van der Waals surface area contributed by atoms with Crippen molar-refractivity contribution in [2.24, 2.45) is 11.3 Å². The molecule has 2 saturated heterocycles. The lowest BCUT2D eigenvalue weighted by Crippen LogP contribution is -2.34. The molecular weight excluding hydrogens is 204 g/mol. The fourth-order valence-electron chi connectivity index (χ4n) is 2.56. The highest BCUT2D eigenvalue weighted by molar-refractivity contribution is 5.68. The average molecular weight is 226 g/mol. The third-order valence-corrected chi connectivity index (χ3v) is 3.57. The van der Waals surface area contributed by atoms with Crippen LogP contribution >= 0.6 is 0 Å². The van der Waals surface area contributed by atoms with Gasteiger partial charge in [-0.15, -0.1) is 0 Å². The van der Waals surface area contributed by atoms with Gasteiger partial charge in [0.25, 0.3) is 0 Å². The number of carbonyl (C=O) groups excluding carboxylic acids is 1. The Bertz CT molecular complexity index is 260. The molecule has 0 radical (unpaired) electrons. The Labute approximate surface area is 97.3 Å². The minimum Gasteiger partial charge on any atom is -0.449 e. The summed E-state index contributed by atoms with van der Waals surface area (Å²) in [6.07, 6.45) is 2.19. The second-order valence-corrected chi connectivity index (χ2v) is 5.57. The number of amides is 1. The summed E-state index contributed by atoms with van der Waals surface area (Å²) in [7, 11) is 0. The summed E-state index contributed by atoms with van der Waals surface area (Å²) in [5.74, 6) is 0.411. The molecule has 2 aliphatic rings. The van der Waals surface area contributed by atoms with Crippen molar-refractivity contribution in [2.75, 3.05) is 32.8 Å². The van der Waals surface area contributed by atoms with Gasteiger partial charge in [0.1, 0.15) is 0 Å². The molecule has 2 aliphatic heterocycles. The van der Waals surface area contributed by atoms with Crippen molar-refractivity contribution in [1.29, 1.82) is 0 Å². The fraction of sp³-hybridized carbons (Fsp3) is 0.917. The topological polar surface area (TPSA) is 41.6 Å². The molecule has 2 heterocycles. The largest absolute Gasteiger partial charge is 0.449 e. The molecule has 0 aromatic rings. The van der Waals surface area contributed by atoms with E-state index < -0.39 is 0 Å². The molecule has 0 bridgehead atoms. The first-order valence-corrected chi connectivity index (χ1v) is 6.24. The number of nitrogens with zero attached hydrogens (tertiary/aromatic N) is 1. The van der Waals surface area contributed by atoms with Crippen LogP contribution in [0.15, 0.2) is 0 Å². The van der Waals surface area contributed by atoms with E-state index in [0.29, 0.717) is 17.9 Å². The Morgan fingerprint density at radius 2 is 2.31 bits per heavy atom. The zero-order valence-electron chi connectivity index (χ0n) is 10.3. The Balaban J connectivity index is 1.81. The van der Waals surface area contributed by atoms with Crippen molar-refractivity contribution < 1.29 is 9.53 Å². The molecule has 4 heteroatoms. The monoisotopic (exact) mass is 226 g/mol. The molecule has 1 spiro atoms. The molecule has 4 nitrogen and oxygen atoms in total. The molecular formula is C12H22N2O2. The van der Waals surface area contributed by atoms with Gasteiger partial charge in [-0.1, -0.05) is 13.8 Å². The van der Waals surface area contributed by atoms with Crippen molar-refractivity contribution in [1.82, 2.24) is 10.2 Å². The van der Waals surface area contributed by atoms with E-state index in [0.717, 1.165) is 32.6 Å². The Hall–Kier alpha value is -0.770. The SMILES string of the molecule is CC(C)COC(=O)N1CC[C@@]2(CCNC2)C1. The van der Waals surface area contributed by atoms with Gasteiger partial charge in [-0.2, -0.15) is 0 Å². The van der Waals surface area contributed by atoms with Crippen molar-refractivity contribution >= 4 is 6.09 Å². The highest BCUT2D eigenvalue weighted by Crippen LogP contribution is 2.36. The van der Waals surface area contributed by atoms with E-state index in [2.05, 4.69) is 19.2 Å². The first-order chi connectivity index (χ1) is 7.61. The lowest BCUT2D eigenvalue weighted by Gasteiger charge is -2.22. The van der Waals surface area contributed by atoms with E-state index in [4.69, 9.17) is 4.74 Å². The fourth-order valence-corrected chi connectivity index (χ4v) is 2.56. The standard InChI is InChI=1S/C12H22N2O2/c1-10(2)7-16-11(15)14-6-4-12(9-14)3-5-13-8-12/h10,13H,3-9H2,1-2H3/t12-/m1/s1. The van der Waals surface area contributed by atoms with E-state index in [1.807, 2.05) is 4.90 Å². The van der Waals surface area contributed by atoms with Crippen LogP contribution in [0.25, 0.3) is 0 Å². The molecule has 1 amide bonds. The van der Waals surface area contributed by atoms with Crippen LogP contribution in [-0.4, -0.2) is 43.8 Å². The summed E-state index contributed by atoms with van der Waals surface area (Å²) in [6, 6.07) is 0. The van der Waals surface area contributed by atoms with Gasteiger partial charge in [-0.3, -0.25) is 0 Å². The number of carbonyl (C=O) groups is 1. The van der Waals surface area contributed by atoms with Crippen LogP contribution in [0, 0.1) is 11.3 Å². The third-order valence-electron chi connectivity index (χ3n) is 3.57. The van der Waals surface area contributed by atoms with Gasteiger partial charge in [-0.25, -0.2) is 4.79 Å². The van der Waals surface area contributed by atoms with Gasteiger partial charge < -0.3 is 15.0 Å². The Morgan fingerprint density at radius 1 is 1.50 bits per heavy atom. The summed E-state index contributed by atoms with van der Waals surface area (Å²) in [6.45, 7) is 8.52. The molecule has 92 valence electrons. The number of hydrogen-bond acceptors (Lipinski definition) is 3. The number of hydrogen-bond donors (Lipinski definition) is 1. The lowest BCUT2D eigenvalue weighted by atomic mass is 9.87. The lowest BCUT2D eigenvalue weighted by molar-refractivity contribution is 0.0959. The van der Waals surface area contributed by atoms with Crippen LogP contribution in [0.1, 0.15) is 26.7 Å². The molecule has 0 aromatic heterocycles. The number of likely N-dealkylation sites (tertiary alicyclic amines) is 1. The predicted octanol–water partition coefficient (Wildman–Crippen LogP) is 1.46. The highest BCUT2D eigenvalue weighted by Gasteiger charge is 2.42. The maximum atomic E-state index is 11.8. The quantitative estimate of drug-likeness (QED) is 0.775. The van der Waals surface area contributed by atoms with Crippen LogP contribution in [0.5, 0.6) is 0 Å². The van der Waals surface area contributed by atoms with Gasteiger partial charge in [0.05, 0.1) is 6.61 Å². The van der Waals surface area contributed by atoms with E-state index >= 15 is 0 Å². The molecule has 16 heavy (non-hydrogen) atoms. The van der Waals surface area contributed by atoms with Crippen LogP contribution in [-0.2, 0) is 4.74 Å². The maximum absolute atomic E-state index is 11.8. The molecule has 0 unspecified atom stereocenters. The first-order valence-electron chi connectivity index (χ1n) is 6.24. The maximum Gasteiger partial charge on any atom is 0.409 e. The van der Waals surface area contributed by atoms with E-state index in [1.165, 1.54) is 6.42 Å². The predicted molar refractivity (Wildman–Crippen MR) is 62.3 cm³/mol. The Kier molecular flexibility index (Phi) is 3.38. The van der Waals surface area contributed by atoms with Crippen LogP contribution in [0.4, 0.5) is 4.79 Å². The van der Waals surface area contributed by atoms with Crippen molar-refractivity contribution in [3.8, 4) is 0 Å². The second-order valence-electron chi connectivity index (χ2n) is 5.57. The van der Waals surface area contributed by atoms with Crippen molar-refractivity contribution in [3.05, 3.63) is 0 Å². The van der Waals surface area contributed by atoms with Crippen LogP contribution < -0.4 is 5.32 Å². The van der Waals surface area contributed by atoms with E-state index in [-0.39, 0.29) is 6.09 Å². The zero-order valence-corrected chi connectivity index (χ0v) is 10.3. The third kappa shape index (κ3) is 2.48. The zero-order chi connectivity index (χ0) is 11.6. The molecule has 1 N–H and O–H groups in total. The van der Waals surface area contributed by atoms with Gasteiger partial charge in [0.2, 0.25) is 0 Å². The summed E-state index contributed by atoms with van der Waals surface area (Å²) in [5.41, 5.74) is 0.344. The molecule has 0 aliphatic carbocycles. The summed E-state index contributed by atoms with van der Waals surface area (Å²) in [5, 5.41) is 3.39. The molecule has 0 aromatic carbocycles. The minimum absolute atomic E-state index is 0.127. The second kappa shape index (κ2) is 4.62. The van der Waals surface area contributed by atoms with Crippen LogP contribution in [0.3, 0.4) is 0 Å². The summed E-state index contributed by atoms with van der Waals surface area (Å²) in [4.78, 5) is 13.6. The molecule has 1 atom stereocenters.